The fourth-order valence-electron chi connectivity index (χ4n) is 1.30. The molecule has 5 nitrogen and oxygen atoms in total. The summed E-state index contributed by atoms with van der Waals surface area (Å²) >= 11 is 3.04. The topological polar surface area (TPSA) is 66.5 Å². The maximum Gasteiger partial charge on any atom is 0.190 e. The van der Waals surface area contributed by atoms with Crippen molar-refractivity contribution in [2.24, 2.45) is 0 Å². The molecule has 2 aromatic heterocycles. The first-order valence-electron chi connectivity index (χ1n) is 5.66. The molecule has 0 saturated carbocycles. The number of aromatic nitrogens is 4. The van der Waals surface area contributed by atoms with Crippen LogP contribution in [0.2, 0.25) is 0 Å². The molecule has 2 rings (SSSR count). The fraction of sp³-hybridized carbons (Fsp3) is 0.364. The third kappa shape index (κ3) is 3.64. The minimum absolute atomic E-state index is 0.769. The van der Waals surface area contributed by atoms with Gasteiger partial charge in [0.2, 0.25) is 0 Å². The number of hydrogen-bond acceptors (Lipinski definition) is 6. The summed E-state index contributed by atoms with van der Waals surface area (Å²) in [6.45, 7) is 3.04. The molecule has 0 atom stereocenters. The van der Waals surface area contributed by atoms with Gasteiger partial charge in [-0.05, 0) is 24.4 Å². The van der Waals surface area contributed by atoms with Gasteiger partial charge < -0.3 is 10.3 Å². The summed E-state index contributed by atoms with van der Waals surface area (Å²) in [7, 11) is 0. The Morgan fingerprint density at radius 1 is 1.39 bits per heavy atom. The molecule has 0 aliphatic carbocycles. The Bertz CT molecular complexity index is 486. The molecule has 0 bridgehead atoms. The van der Waals surface area contributed by atoms with E-state index in [4.69, 9.17) is 0 Å². The van der Waals surface area contributed by atoms with Crippen molar-refractivity contribution in [1.29, 1.82) is 0 Å². The lowest BCUT2D eigenvalue weighted by molar-refractivity contribution is 0.875. The molecule has 0 spiro atoms. The summed E-state index contributed by atoms with van der Waals surface area (Å²) in [5.74, 6) is 0.866. The summed E-state index contributed by atoms with van der Waals surface area (Å²) < 4.78 is 0. The molecule has 0 saturated heterocycles. The number of hydrogen-bond donors (Lipinski definition) is 2. The van der Waals surface area contributed by atoms with Crippen molar-refractivity contribution >= 4 is 29.3 Å². The molecule has 0 aliphatic rings. The van der Waals surface area contributed by atoms with Crippen LogP contribution < -0.4 is 5.32 Å². The largest absolute Gasteiger partial charge is 0.370 e. The molecule has 96 valence electrons. The molecule has 0 amide bonds. The highest BCUT2D eigenvalue weighted by molar-refractivity contribution is 7.99. The molecular formula is C11H15N5S2. The van der Waals surface area contributed by atoms with E-state index >= 15 is 0 Å². The monoisotopic (exact) mass is 281 g/mol. The van der Waals surface area contributed by atoms with Gasteiger partial charge in [0.25, 0.3) is 0 Å². The molecule has 2 heterocycles. The second-order valence-corrected chi connectivity index (χ2v) is 5.28. The molecule has 2 aromatic rings. The molecule has 0 aliphatic heterocycles. The van der Waals surface area contributed by atoms with Gasteiger partial charge in [-0.3, -0.25) is 0 Å². The number of nitrogens with zero attached hydrogens (tertiary/aromatic N) is 3. The first-order valence-corrected chi connectivity index (χ1v) is 7.70. The third-order valence-electron chi connectivity index (χ3n) is 2.10. The van der Waals surface area contributed by atoms with E-state index < -0.39 is 0 Å². The maximum atomic E-state index is 4.45. The second-order valence-electron chi connectivity index (χ2n) is 3.50. The lowest BCUT2D eigenvalue weighted by Gasteiger charge is -2.07. The van der Waals surface area contributed by atoms with Crippen LogP contribution in [0.3, 0.4) is 0 Å². The number of thioether (sulfide) groups is 1. The Balaban J connectivity index is 2.17. The van der Waals surface area contributed by atoms with Crippen LogP contribution in [-0.2, 0) is 0 Å². The Morgan fingerprint density at radius 2 is 2.28 bits per heavy atom. The number of aromatic amines is 1. The highest BCUT2D eigenvalue weighted by Crippen LogP contribution is 2.26. The molecule has 0 aromatic carbocycles. The zero-order valence-electron chi connectivity index (χ0n) is 10.3. The average molecular weight is 281 g/mol. The van der Waals surface area contributed by atoms with Gasteiger partial charge in [-0.2, -0.15) is 0 Å². The van der Waals surface area contributed by atoms with Crippen LogP contribution in [0.25, 0.3) is 0 Å². The predicted octanol–water partition coefficient (Wildman–Crippen LogP) is 2.89. The van der Waals surface area contributed by atoms with Crippen molar-refractivity contribution in [3.8, 4) is 0 Å². The predicted molar refractivity (Wildman–Crippen MR) is 75.3 cm³/mol. The Labute approximate surface area is 115 Å². The highest BCUT2D eigenvalue weighted by atomic mass is 32.2. The van der Waals surface area contributed by atoms with E-state index in [1.165, 1.54) is 23.5 Å². The van der Waals surface area contributed by atoms with Gasteiger partial charge in [0.05, 0.1) is 0 Å². The Kier molecular flexibility index (Phi) is 4.89. The number of rotatable bonds is 6. The van der Waals surface area contributed by atoms with Gasteiger partial charge >= 0.3 is 0 Å². The van der Waals surface area contributed by atoms with Gasteiger partial charge in [-0.15, -0.1) is 0 Å². The summed E-state index contributed by atoms with van der Waals surface area (Å²) in [6, 6.07) is 1.95. The van der Waals surface area contributed by atoms with E-state index in [2.05, 4.69) is 32.2 Å². The zero-order chi connectivity index (χ0) is 12.8. The average Bonchev–Trinajstić information content (AvgIpc) is 2.89. The van der Waals surface area contributed by atoms with E-state index in [1.54, 1.807) is 12.4 Å². The summed E-state index contributed by atoms with van der Waals surface area (Å²) in [6.07, 6.45) is 6.57. The van der Waals surface area contributed by atoms with Crippen LogP contribution in [0.15, 0.2) is 33.8 Å². The molecular weight excluding hydrogens is 266 g/mol. The summed E-state index contributed by atoms with van der Waals surface area (Å²) in [4.78, 5) is 16.1. The van der Waals surface area contributed by atoms with Gasteiger partial charge in [-0.25, -0.2) is 15.0 Å². The second kappa shape index (κ2) is 6.65. The van der Waals surface area contributed by atoms with Gasteiger partial charge in [0, 0.05) is 25.0 Å². The molecule has 0 fully saturated rings. The number of anilines is 1. The zero-order valence-corrected chi connectivity index (χ0v) is 11.9. The lowest BCUT2D eigenvalue weighted by Crippen LogP contribution is -2.03. The van der Waals surface area contributed by atoms with Gasteiger partial charge in [0.15, 0.2) is 10.3 Å². The smallest absolute Gasteiger partial charge is 0.190 e. The Hall–Kier alpha value is -1.21. The van der Waals surface area contributed by atoms with Crippen LogP contribution >= 0.6 is 23.5 Å². The first kappa shape index (κ1) is 13.2. The van der Waals surface area contributed by atoms with Crippen LogP contribution in [0.1, 0.15) is 13.3 Å². The van der Waals surface area contributed by atoms with E-state index in [1.807, 2.05) is 12.3 Å². The van der Waals surface area contributed by atoms with Crippen molar-refractivity contribution in [3.05, 3.63) is 18.5 Å². The van der Waals surface area contributed by atoms with Crippen LogP contribution in [0.4, 0.5) is 5.82 Å². The van der Waals surface area contributed by atoms with E-state index in [9.17, 15) is 0 Å². The normalized spacial score (nSPS) is 10.6. The maximum absolute atomic E-state index is 4.45. The van der Waals surface area contributed by atoms with Crippen molar-refractivity contribution in [2.45, 2.75) is 28.7 Å². The molecule has 18 heavy (non-hydrogen) atoms. The van der Waals surface area contributed by atoms with Crippen LogP contribution in [0.5, 0.6) is 0 Å². The number of imidazole rings is 1. The van der Waals surface area contributed by atoms with E-state index in [0.29, 0.717) is 0 Å². The quantitative estimate of drug-likeness (QED) is 0.482. The SMILES string of the molecule is CCCNc1cc(Sc2ncc[nH]2)nc(SC)n1. The highest BCUT2D eigenvalue weighted by Gasteiger charge is 2.06. The van der Waals surface area contributed by atoms with Gasteiger partial charge in [-0.1, -0.05) is 18.7 Å². The minimum Gasteiger partial charge on any atom is -0.370 e. The molecule has 0 radical (unpaired) electrons. The molecule has 0 unspecified atom stereocenters. The van der Waals surface area contributed by atoms with E-state index in [0.717, 1.165) is 34.1 Å². The number of H-pyrrole nitrogens is 1. The summed E-state index contributed by atoms with van der Waals surface area (Å²) in [5, 5.41) is 5.78. The standard InChI is InChI=1S/C11H15N5S2/c1-3-4-12-8-7-9(16-11(15-8)17-2)18-10-13-5-6-14-10/h5-7H,3-4H2,1-2H3,(H,13,14)(H,12,15,16). The third-order valence-corrected chi connectivity index (χ3v) is 3.48. The molecule has 7 heteroatoms. The Morgan fingerprint density at radius 3 is 2.94 bits per heavy atom. The lowest BCUT2D eigenvalue weighted by atomic mass is 10.4. The molecule has 2 N–H and O–H groups in total. The fourth-order valence-corrected chi connectivity index (χ4v) is 2.48. The van der Waals surface area contributed by atoms with Gasteiger partial charge in [0.1, 0.15) is 10.8 Å². The van der Waals surface area contributed by atoms with E-state index in [-0.39, 0.29) is 0 Å². The van der Waals surface area contributed by atoms with Crippen LogP contribution in [0, 0.1) is 0 Å². The summed E-state index contributed by atoms with van der Waals surface area (Å²) in [5.41, 5.74) is 0. The van der Waals surface area contributed by atoms with Crippen molar-refractivity contribution < 1.29 is 0 Å². The van der Waals surface area contributed by atoms with Crippen molar-refractivity contribution in [2.75, 3.05) is 18.1 Å². The van der Waals surface area contributed by atoms with Crippen molar-refractivity contribution in [3.63, 3.8) is 0 Å². The van der Waals surface area contributed by atoms with Crippen LogP contribution in [-0.4, -0.2) is 32.7 Å². The minimum atomic E-state index is 0.769. The van der Waals surface area contributed by atoms with Crippen molar-refractivity contribution in [1.82, 2.24) is 19.9 Å². The first-order chi connectivity index (χ1) is 8.81. The number of nitrogens with one attached hydrogen (secondary N) is 2.